The van der Waals surface area contributed by atoms with Crippen molar-refractivity contribution in [3.8, 4) is 0 Å². The van der Waals surface area contributed by atoms with Crippen molar-refractivity contribution in [3.63, 3.8) is 0 Å². The van der Waals surface area contributed by atoms with Gasteiger partial charge in [-0.15, -0.1) is 0 Å². The van der Waals surface area contributed by atoms with Crippen molar-refractivity contribution in [2.75, 3.05) is 7.05 Å². The summed E-state index contributed by atoms with van der Waals surface area (Å²) in [4.78, 5) is 0. The molecule has 18 heavy (non-hydrogen) atoms. The molecule has 1 aliphatic rings. The summed E-state index contributed by atoms with van der Waals surface area (Å²) in [7, 11) is 2.09. The Morgan fingerprint density at radius 1 is 1.22 bits per heavy atom. The number of hydrogen-bond acceptors (Lipinski definition) is 2. The van der Waals surface area contributed by atoms with Gasteiger partial charge in [-0.1, -0.05) is 30.3 Å². The van der Waals surface area contributed by atoms with Gasteiger partial charge in [-0.25, -0.2) is 0 Å². The van der Waals surface area contributed by atoms with E-state index in [0.717, 1.165) is 11.8 Å². The SMILES string of the molecule is CNC(c1cscc1C)C1CC1c1ccccc1. The van der Waals surface area contributed by atoms with E-state index in [1.807, 2.05) is 11.3 Å². The molecule has 1 aromatic carbocycles. The maximum absolute atomic E-state index is 3.51. The molecule has 0 aliphatic heterocycles. The molecule has 0 amide bonds. The maximum atomic E-state index is 3.51. The van der Waals surface area contributed by atoms with E-state index in [1.54, 1.807) is 0 Å². The van der Waals surface area contributed by atoms with Crippen molar-refractivity contribution in [1.82, 2.24) is 5.32 Å². The van der Waals surface area contributed by atoms with E-state index in [9.17, 15) is 0 Å². The molecule has 3 atom stereocenters. The van der Waals surface area contributed by atoms with Crippen molar-refractivity contribution < 1.29 is 0 Å². The van der Waals surface area contributed by atoms with E-state index in [2.05, 4.69) is 60.4 Å². The van der Waals surface area contributed by atoms with Gasteiger partial charge >= 0.3 is 0 Å². The third-order valence-corrected chi connectivity index (χ3v) is 4.92. The highest BCUT2D eigenvalue weighted by Crippen LogP contribution is 2.54. The molecule has 0 radical (unpaired) electrons. The van der Waals surface area contributed by atoms with Gasteiger partial charge in [-0.05, 0) is 59.7 Å². The largest absolute Gasteiger partial charge is 0.313 e. The van der Waals surface area contributed by atoms with Crippen LogP contribution in [0, 0.1) is 12.8 Å². The quantitative estimate of drug-likeness (QED) is 0.868. The molecular formula is C16H19NS. The Labute approximate surface area is 113 Å². The molecule has 1 aromatic heterocycles. The first kappa shape index (κ1) is 11.9. The summed E-state index contributed by atoms with van der Waals surface area (Å²) < 4.78 is 0. The van der Waals surface area contributed by atoms with Crippen molar-refractivity contribution >= 4 is 11.3 Å². The fraction of sp³-hybridized carbons (Fsp3) is 0.375. The Balaban J connectivity index is 1.79. The summed E-state index contributed by atoms with van der Waals surface area (Å²) in [6.07, 6.45) is 1.31. The maximum Gasteiger partial charge on any atom is 0.0363 e. The Morgan fingerprint density at radius 2 is 2.00 bits per heavy atom. The predicted octanol–water partition coefficient (Wildman–Crippen LogP) is 4.12. The molecule has 0 saturated heterocycles. The van der Waals surface area contributed by atoms with Gasteiger partial charge in [0.1, 0.15) is 0 Å². The number of benzene rings is 1. The third-order valence-electron chi connectivity index (χ3n) is 4.04. The second-order valence-electron chi connectivity index (χ2n) is 5.19. The van der Waals surface area contributed by atoms with E-state index in [-0.39, 0.29) is 0 Å². The smallest absolute Gasteiger partial charge is 0.0363 e. The van der Waals surface area contributed by atoms with E-state index < -0.39 is 0 Å². The minimum atomic E-state index is 0.515. The molecule has 1 fully saturated rings. The van der Waals surface area contributed by atoms with Gasteiger partial charge in [0.25, 0.3) is 0 Å². The first-order valence-corrected chi connectivity index (χ1v) is 7.50. The molecule has 3 unspecified atom stereocenters. The van der Waals surface area contributed by atoms with Gasteiger partial charge in [0.2, 0.25) is 0 Å². The highest BCUT2D eigenvalue weighted by atomic mass is 32.1. The van der Waals surface area contributed by atoms with Crippen molar-refractivity contribution in [2.24, 2.45) is 5.92 Å². The summed E-state index contributed by atoms with van der Waals surface area (Å²) in [6.45, 7) is 2.22. The molecule has 3 rings (SSSR count). The van der Waals surface area contributed by atoms with E-state index in [0.29, 0.717) is 6.04 Å². The van der Waals surface area contributed by atoms with Gasteiger partial charge in [-0.3, -0.25) is 0 Å². The number of hydrogen-bond donors (Lipinski definition) is 1. The van der Waals surface area contributed by atoms with Crippen LogP contribution in [0.3, 0.4) is 0 Å². The summed E-state index contributed by atoms with van der Waals surface area (Å²) in [5.41, 5.74) is 4.42. The zero-order chi connectivity index (χ0) is 12.5. The molecule has 1 aliphatic carbocycles. The third kappa shape index (κ3) is 2.11. The molecule has 1 N–H and O–H groups in total. The fourth-order valence-corrected chi connectivity index (χ4v) is 3.84. The highest BCUT2D eigenvalue weighted by molar-refractivity contribution is 7.08. The molecule has 0 bridgehead atoms. The second-order valence-corrected chi connectivity index (χ2v) is 5.94. The number of thiophene rings is 1. The lowest BCUT2D eigenvalue weighted by Crippen LogP contribution is -2.19. The van der Waals surface area contributed by atoms with Crippen LogP contribution in [0.2, 0.25) is 0 Å². The van der Waals surface area contributed by atoms with Crippen LogP contribution in [0.15, 0.2) is 41.1 Å². The van der Waals surface area contributed by atoms with Crippen LogP contribution in [0.1, 0.15) is 35.1 Å². The molecule has 2 aromatic rings. The molecule has 1 heterocycles. The van der Waals surface area contributed by atoms with Gasteiger partial charge in [0.15, 0.2) is 0 Å². The Morgan fingerprint density at radius 3 is 2.61 bits per heavy atom. The molecule has 1 nitrogen and oxygen atoms in total. The normalized spacial score (nSPS) is 23.9. The van der Waals surface area contributed by atoms with Crippen molar-refractivity contribution in [3.05, 3.63) is 57.8 Å². The summed E-state index contributed by atoms with van der Waals surface area (Å²) in [5.74, 6) is 1.49. The van der Waals surface area contributed by atoms with E-state index in [4.69, 9.17) is 0 Å². The van der Waals surface area contributed by atoms with Crippen molar-refractivity contribution in [2.45, 2.75) is 25.3 Å². The molecule has 1 saturated carbocycles. The topological polar surface area (TPSA) is 12.0 Å². The first-order chi connectivity index (χ1) is 8.81. The van der Waals surface area contributed by atoms with Crippen LogP contribution >= 0.6 is 11.3 Å². The van der Waals surface area contributed by atoms with Crippen LogP contribution in [0.5, 0.6) is 0 Å². The van der Waals surface area contributed by atoms with Crippen LogP contribution in [0.4, 0.5) is 0 Å². The van der Waals surface area contributed by atoms with Crippen LogP contribution in [0.25, 0.3) is 0 Å². The lowest BCUT2D eigenvalue weighted by Gasteiger charge is -2.16. The zero-order valence-electron chi connectivity index (χ0n) is 10.9. The summed E-state index contributed by atoms with van der Waals surface area (Å²) in [6, 6.07) is 11.4. The van der Waals surface area contributed by atoms with E-state index >= 15 is 0 Å². The van der Waals surface area contributed by atoms with E-state index in [1.165, 1.54) is 23.1 Å². The average Bonchev–Trinajstić information content (AvgIpc) is 3.08. The standard InChI is InChI=1S/C16H19NS/c1-11-9-18-10-15(11)16(17-2)14-8-13(14)12-6-4-3-5-7-12/h3-7,9-10,13-14,16-17H,8H2,1-2H3. The van der Waals surface area contributed by atoms with Crippen molar-refractivity contribution in [1.29, 1.82) is 0 Å². The van der Waals surface area contributed by atoms with Crippen LogP contribution in [-0.2, 0) is 0 Å². The first-order valence-electron chi connectivity index (χ1n) is 6.56. The molecule has 2 heteroatoms. The van der Waals surface area contributed by atoms with Gasteiger partial charge in [0, 0.05) is 6.04 Å². The van der Waals surface area contributed by atoms with Gasteiger partial charge in [0.05, 0.1) is 0 Å². The lowest BCUT2D eigenvalue weighted by atomic mass is 9.99. The molecule has 94 valence electrons. The number of nitrogens with one attached hydrogen (secondary N) is 1. The number of aryl methyl sites for hydroxylation is 1. The Kier molecular flexibility index (Phi) is 3.23. The van der Waals surface area contributed by atoms with Gasteiger partial charge in [-0.2, -0.15) is 11.3 Å². The monoisotopic (exact) mass is 257 g/mol. The lowest BCUT2D eigenvalue weighted by molar-refractivity contribution is 0.517. The zero-order valence-corrected chi connectivity index (χ0v) is 11.7. The molecular weight excluding hydrogens is 238 g/mol. The average molecular weight is 257 g/mol. The Bertz CT molecular complexity index is 517. The number of rotatable bonds is 4. The summed E-state index contributed by atoms with van der Waals surface area (Å²) >= 11 is 1.81. The van der Waals surface area contributed by atoms with Gasteiger partial charge < -0.3 is 5.32 Å². The minimum Gasteiger partial charge on any atom is -0.313 e. The summed E-state index contributed by atoms with van der Waals surface area (Å²) in [5, 5.41) is 8.07. The van der Waals surface area contributed by atoms with Crippen LogP contribution < -0.4 is 5.32 Å². The molecule has 0 spiro atoms. The second kappa shape index (κ2) is 4.87. The predicted molar refractivity (Wildman–Crippen MR) is 78.1 cm³/mol. The highest BCUT2D eigenvalue weighted by Gasteiger charge is 2.44. The minimum absolute atomic E-state index is 0.515. The Hall–Kier alpha value is -1.12. The fourth-order valence-electron chi connectivity index (χ4n) is 2.96. The van der Waals surface area contributed by atoms with Crippen LogP contribution in [-0.4, -0.2) is 7.05 Å².